The zero-order valence-electron chi connectivity index (χ0n) is 11.4. The second-order valence-corrected chi connectivity index (χ2v) is 5.17. The number of methoxy groups -OCH3 is 1. The van der Waals surface area contributed by atoms with Crippen LogP contribution in [-0.4, -0.2) is 12.1 Å². The number of pyridine rings is 1. The van der Waals surface area contributed by atoms with Crippen molar-refractivity contribution in [1.29, 1.82) is 0 Å². The van der Waals surface area contributed by atoms with E-state index in [0.717, 1.165) is 16.9 Å². The van der Waals surface area contributed by atoms with Crippen molar-refractivity contribution in [3.05, 3.63) is 59.4 Å². The van der Waals surface area contributed by atoms with Crippen LogP contribution in [0.1, 0.15) is 34.9 Å². The van der Waals surface area contributed by atoms with Crippen molar-refractivity contribution >= 4 is 11.6 Å². The molecule has 0 saturated heterocycles. The molecule has 100 valence electrons. The van der Waals surface area contributed by atoms with E-state index in [0.29, 0.717) is 0 Å². The van der Waals surface area contributed by atoms with E-state index in [9.17, 15) is 0 Å². The van der Waals surface area contributed by atoms with E-state index in [1.54, 1.807) is 19.5 Å². The van der Waals surface area contributed by atoms with Crippen LogP contribution in [0.2, 0.25) is 0 Å². The third-order valence-electron chi connectivity index (χ3n) is 3.42. The first-order valence-corrected chi connectivity index (χ1v) is 6.75. The molecule has 1 aromatic carbocycles. The molecule has 2 nitrogen and oxygen atoms in total. The normalized spacial score (nSPS) is 13.9. The van der Waals surface area contributed by atoms with E-state index in [-0.39, 0.29) is 11.3 Å². The summed E-state index contributed by atoms with van der Waals surface area (Å²) in [4.78, 5) is 4.04. The average Bonchev–Trinajstić information content (AvgIpc) is 2.47. The third-order valence-corrected chi connectivity index (χ3v) is 4.05. The Bertz CT molecular complexity index is 542. The first-order valence-electron chi connectivity index (χ1n) is 6.32. The van der Waals surface area contributed by atoms with Crippen molar-refractivity contribution in [2.24, 2.45) is 0 Å². The lowest BCUT2D eigenvalue weighted by atomic mass is 9.93. The number of rotatable bonds is 4. The molecule has 3 heteroatoms. The fraction of sp³-hybridized carbons (Fsp3) is 0.312. The molecule has 0 aliphatic carbocycles. The highest BCUT2D eigenvalue weighted by atomic mass is 35.5. The van der Waals surface area contributed by atoms with Gasteiger partial charge in [0.2, 0.25) is 0 Å². The minimum Gasteiger partial charge on any atom is -0.496 e. The van der Waals surface area contributed by atoms with Crippen LogP contribution in [0.15, 0.2) is 42.7 Å². The Labute approximate surface area is 119 Å². The zero-order chi connectivity index (χ0) is 13.8. The first kappa shape index (κ1) is 13.9. The highest BCUT2D eigenvalue weighted by Crippen LogP contribution is 2.37. The number of aryl methyl sites for hydroxylation is 1. The minimum absolute atomic E-state index is 0.0862. The molecule has 2 atom stereocenters. The largest absolute Gasteiger partial charge is 0.496 e. The van der Waals surface area contributed by atoms with Gasteiger partial charge in [0.15, 0.2) is 0 Å². The van der Waals surface area contributed by atoms with E-state index in [4.69, 9.17) is 16.3 Å². The predicted molar refractivity (Wildman–Crippen MR) is 79.0 cm³/mol. The van der Waals surface area contributed by atoms with Crippen LogP contribution >= 0.6 is 11.6 Å². The Morgan fingerprint density at radius 1 is 1.11 bits per heavy atom. The number of benzene rings is 1. The van der Waals surface area contributed by atoms with Gasteiger partial charge < -0.3 is 4.74 Å². The van der Waals surface area contributed by atoms with Gasteiger partial charge >= 0.3 is 0 Å². The second-order valence-electron chi connectivity index (χ2n) is 4.70. The van der Waals surface area contributed by atoms with Crippen molar-refractivity contribution in [1.82, 2.24) is 4.98 Å². The van der Waals surface area contributed by atoms with Crippen LogP contribution in [0.3, 0.4) is 0 Å². The molecule has 0 bridgehead atoms. The first-order chi connectivity index (χ1) is 9.13. The Hall–Kier alpha value is -1.54. The van der Waals surface area contributed by atoms with Crippen LogP contribution in [0.5, 0.6) is 5.75 Å². The van der Waals surface area contributed by atoms with Crippen molar-refractivity contribution in [2.45, 2.75) is 25.1 Å². The SMILES string of the molecule is COc1cc(C(Cl)C(C)c2ccncc2)ccc1C. The Morgan fingerprint density at radius 3 is 2.42 bits per heavy atom. The number of ether oxygens (including phenoxy) is 1. The molecule has 0 N–H and O–H groups in total. The molecule has 0 aliphatic heterocycles. The summed E-state index contributed by atoms with van der Waals surface area (Å²) in [6, 6.07) is 10.1. The van der Waals surface area contributed by atoms with Crippen LogP contribution in [0.25, 0.3) is 0 Å². The molecule has 0 radical (unpaired) electrons. The van der Waals surface area contributed by atoms with Gasteiger partial charge in [-0.3, -0.25) is 4.98 Å². The molecule has 1 aromatic heterocycles. The van der Waals surface area contributed by atoms with E-state index in [2.05, 4.69) is 18.0 Å². The van der Waals surface area contributed by atoms with E-state index >= 15 is 0 Å². The fourth-order valence-electron chi connectivity index (χ4n) is 2.13. The standard InChI is InChI=1S/C16H18ClNO/c1-11-4-5-14(10-15(11)19-3)16(17)12(2)13-6-8-18-9-7-13/h4-10,12,16H,1-3H3. The molecule has 0 spiro atoms. The molecular weight excluding hydrogens is 258 g/mol. The van der Waals surface area contributed by atoms with Gasteiger partial charge in [0.1, 0.15) is 5.75 Å². The fourth-order valence-corrected chi connectivity index (χ4v) is 2.41. The van der Waals surface area contributed by atoms with Crippen LogP contribution < -0.4 is 4.74 Å². The summed E-state index contributed by atoms with van der Waals surface area (Å²) in [5.74, 6) is 1.10. The van der Waals surface area contributed by atoms with Gasteiger partial charge in [-0.05, 0) is 41.8 Å². The molecule has 2 aromatic rings. The number of aromatic nitrogens is 1. The van der Waals surface area contributed by atoms with Gasteiger partial charge in [0.05, 0.1) is 12.5 Å². The predicted octanol–water partition coefficient (Wildman–Crippen LogP) is 4.48. The van der Waals surface area contributed by atoms with Crippen molar-refractivity contribution in [2.75, 3.05) is 7.11 Å². The number of halogens is 1. The summed E-state index contributed by atoms with van der Waals surface area (Å²) in [6.07, 6.45) is 3.59. The van der Waals surface area contributed by atoms with Crippen LogP contribution in [-0.2, 0) is 0 Å². The summed E-state index contributed by atoms with van der Waals surface area (Å²) >= 11 is 6.60. The van der Waals surface area contributed by atoms with Crippen LogP contribution in [0.4, 0.5) is 0 Å². The molecule has 1 heterocycles. The maximum atomic E-state index is 6.60. The molecule has 19 heavy (non-hydrogen) atoms. The smallest absolute Gasteiger partial charge is 0.122 e. The lowest BCUT2D eigenvalue weighted by molar-refractivity contribution is 0.411. The van der Waals surface area contributed by atoms with Gasteiger partial charge in [-0.2, -0.15) is 0 Å². The van der Waals surface area contributed by atoms with Crippen molar-refractivity contribution in [3.63, 3.8) is 0 Å². The van der Waals surface area contributed by atoms with E-state index in [1.165, 1.54) is 5.56 Å². The maximum absolute atomic E-state index is 6.60. The Morgan fingerprint density at radius 2 is 1.79 bits per heavy atom. The van der Waals surface area contributed by atoms with Crippen molar-refractivity contribution < 1.29 is 4.74 Å². The van der Waals surface area contributed by atoms with Gasteiger partial charge in [-0.15, -0.1) is 11.6 Å². The third kappa shape index (κ3) is 3.07. The Kier molecular flexibility index (Phi) is 4.43. The lowest BCUT2D eigenvalue weighted by Crippen LogP contribution is -2.03. The van der Waals surface area contributed by atoms with Gasteiger partial charge in [0, 0.05) is 18.3 Å². The highest BCUT2D eigenvalue weighted by molar-refractivity contribution is 6.21. The maximum Gasteiger partial charge on any atom is 0.122 e. The molecule has 0 aliphatic rings. The second kappa shape index (κ2) is 6.07. The highest BCUT2D eigenvalue weighted by Gasteiger charge is 2.19. The summed E-state index contributed by atoms with van der Waals surface area (Å²) in [7, 11) is 1.68. The Balaban J connectivity index is 2.26. The zero-order valence-corrected chi connectivity index (χ0v) is 12.2. The van der Waals surface area contributed by atoms with Crippen molar-refractivity contribution in [3.8, 4) is 5.75 Å². The van der Waals surface area contributed by atoms with Crippen LogP contribution in [0, 0.1) is 6.92 Å². The quantitative estimate of drug-likeness (QED) is 0.768. The summed E-state index contributed by atoms with van der Waals surface area (Å²) in [5, 5.41) is -0.0862. The number of hydrogen-bond acceptors (Lipinski definition) is 2. The number of nitrogens with zero attached hydrogens (tertiary/aromatic N) is 1. The number of alkyl halides is 1. The summed E-state index contributed by atoms with van der Waals surface area (Å²) < 4.78 is 5.35. The summed E-state index contributed by atoms with van der Waals surface area (Å²) in [5.41, 5.74) is 3.38. The molecule has 2 rings (SSSR count). The molecule has 2 unspecified atom stereocenters. The van der Waals surface area contributed by atoms with E-state index in [1.807, 2.05) is 31.2 Å². The molecule has 0 saturated carbocycles. The number of hydrogen-bond donors (Lipinski definition) is 0. The van der Waals surface area contributed by atoms with Gasteiger partial charge in [0.25, 0.3) is 0 Å². The van der Waals surface area contributed by atoms with Gasteiger partial charge in [-0.25, -0.2) is 0 Å². The topological polar surface area (TPSA) is 22.1 Å². The van der Waals surface area contributed by atoms with Gasteiger partial charge in [-0.1, -0.05) is 19.1 Å². The average molecular weight is 276 g/mol. The lowest BCUT2D eigenvalue weighted by Gasteiger charge is -2.19. The molecular formula is C16H18ClNO. The van der Waals surface area contributed by atoms with E-state index < -0.39 is 0 Å². The minimum atomic E-state index is -0.0862. The monoisotopic (exact) mass is 275 g/mol. The molecule has 0 amide bonds. The molecule has 0 fully saturated rings. The summed E-state index contributed by atoms with van der Waals surface area (Å²) in [6.45, 7) is 4.15.